The molecule has 2 aromatic rings. The summed E-state index contributed by atoms with van der Waals surface area (Å²) in [6, 6.07) is 12.1. The van der Waals surface area contributed by atoms with Gasteiger partial charge >= 0.3 is 0 Å². The lowest BCUT2D eigenvalue weighted by atomic mass is 9.99. The molecule has 1 aliphatic rings. The summed E-state index contributed by atoms with van der Waals surface area (Å²) >= 11 is 0. The second-order valence-electron chi connectivity index (χ2n) is 4.97. The molecule has 0 aliphatic carbocycles. The Morgan fingerprint density at radius 1 is 1.00 bits per heavy atom. The van der Waals surface area contributed by atoms with Crippen molar-refractivity contribution in [3.8, 4) is 11.5 Å². The molecule has 0 saturated carbocycles. The minimum Gasteiger partial charge on any atom is -0.496 e. The van der Waals surface area contributed by atoms with E-state index in [0.29, 0.717) is 0 Å². The summed E-state index contributed by atoms with van der Waals surface area (Å²) in [5.41, 5.74) is -0.0860. The predicted molar refractivity (Wildman–Crippen MR) is 72.4 cm³/mol. The van der Waals surface area contributed by atoms with Crippen LogP contribution in [0.2, 0.25) is 0 Å². The van der Waals surface area contributed by atoms with Gasteiger partial charge in [-0.3, -0.25) is 0 Å². The Hall–Kier alpha value is -1.74. The van der Waals surface area contributed by atoms with Crippen LogP contribution in [0.1, 0.15) is 6.92 Å². The van der Waals surface area contributed by atoms with Crippen LogP contribution in [-0.2, 0) is 0 Å². The number of fused-ring (bicyclic) bond motifs is 1. The number of hydrogen-bond acceptors (Lipinski definition) is 3. The topological polar surface area (TPSA) is 30.5 Å². The summed E-state index contributed by atoms with van der Waals surface area (Å²) in [6.45, 7) is 3.92. The molecule has 0 aromatic heterocycles. The third kappa shape index (κ3) is 1.81. The zero-order valence-electron chi connectivity index (χ0n) is 10.7. The van der Waals surface area contributed by atoms with Crippen LogP contribution < -0.4 is 14.8 Å². The maximum atomic E-state index is 6.13. The molecule has 0 atom stereocenters. The average Bonchev–Trinajstić information content (AvgIpc) is 2.37. The van der Waals surface area contributed by atoms with E-state index in [0.717, 1.165) is 35.4 Å². The fraction of sp³-hybridized carbons (Fsp3) is 0.333. The molecular formula is C15H17NO2. The third-order valence-corrected chi connectivity index (χ3v) is 3.42. The van der Waals surface area contributed by atoms with Crippen molar-refractivity contribution in [2.75, 3.05) is 20.2 Å². The molecule has 0 bridgehead atoms. The molecule has 94 valence electrons. The number of methoxy groups -OCH3 is 1. The number of benzene rings is 2. The molecule has 0 spiro atoms. The van der Waals surface area contributed by atoms with Crippen molar-refractivity contribution in [1.82, 2.24) is 5.32 Å². The Bertz CT molecular complexity index is 576. The minimum absolute atomic E-state index is 0.0860. The molecule has 3 nitrogen and oxygen atoms in total. The summed E-state index contributed by atoms with van der Waals surface area (Å²) in [7, 11) is 1.69. The van der Waals surface area contributed by atoms with E-state index in [1.54, 1.807) is 7.11 Å². The third-order valence-electron chi connectivity index (χ3n) is 3.42. The van der Waals surface area contributed by atoms with Crippen molar-refractivity contribution in [2.45, 2.75) is 12.5 Å². The predicted octanol–water partition coefficient (Wildman–Crippen LogP) is 2.59. The Balaban J connectivity index is 2.07. The molecule has 1 fully saturated rings. The molecule has 1 N–H and O–H groups in total. The van der Waals surface area contributed by atoms with Crippen LogP contribution in [0.3, 0.4) is 0 Å². The first-order valence-corrected chi connectivity index (χ1v) is 6.17. The summed E-state index contributed by atoms with van der Waals surface area (Å²) in [5, 5.41) is 5.44. The van der Waals surface area contributed by atoms with Crippen molar-refractivity contribution < 1.29 is 9.47 Å². The van der Waals surface area contributed by atoms with Gasteiger partial charge in [-0.2, -0.15) is 0 Å². The minimum atomic E-state index is -0.0860. The Morgan fingerprint density at radius 2 is 1.61 bits per heavy atom. The number of hydrogen-bond donors (Lipinski definition) is 1. The van der Waals surface area contributed by atoms with E-state index in [9.17, 15) is 0 Å². The summed E-state index contributed by atoms with van der Waals surface area (Å²) in [4.78, 5) is 0. The molecule has 1 aliphatic heterocycles. The molecule has 3 heteroatoms. The monoisotopic (exact) mass is 243 g/mol. The van der Waals surface area contributed by atoms with E-state index in [1.807, 2.05) is 24.3 Å². The van der Waals surface area contributed by atoms with Crippen LogP contribution >= 0.6 is 0 Å². The van der Waals surface area contributed by atoms with Gasteiger partial charge < -0.3 is 14.8 Å². The van der Waals surface area contributed by atoms with Crippen LogP contribution in [-0.4, -0.2) is 25.8 Å². The zero-order valence-corrected chi connectivity index (χ0v) is 10.7. The molecule has 0 radical (unpaired) electrons. The Morgan fingerprint density at radius 3 is 2.17 bits per heavy atom. The van der Waals surface area contributed by atoms with Crippen LogP contribution in [0.4, 0.5) is 0 Å². The SMILES string of the molecule is COc1ccc(OC2(C)CNC2)c2ccccc12. The quantitative estimate of drug-likeness (QED) is 0.898. The van der Waals surface area contributed by atoms with Gasteiger partial charge in [-0.25, -0.2) is 0 Å². The van der Waals surface area contributed by atoms with Crippen LogP contribution in [0.5, 0.6) is 11.5 Å². The summed E-state index contributed by atoms with van der Waals surface area (Å²) in [6.07, 6.45) is 0. The molecule has 1 saturated heterocycles. The normalized spacial score (nSPS) is 17.2. The van der Waals surface area contributed by atoms with E-state index >= 15 is 0 Å². The lowest BCUT2D eigenvalue weighted by molar-refractivity contribution is 0.0363. The van der Waals surface area contributed by atoms with Crippen LogP contribution in [0, 0.1) is 0 Å². The molecule has 0 amide bonds. The lowest BCUT2D eigenvalue weighted by Gasteiger charge is -2.39. The fourth-order valence-corrected chi connectivity index (χ4v) is 2.33. The molecule has 1 heterocycles. The van der Waals surface area contributed by atoms with E-state index in [2.05, 4.69) is 24.4 Å². The summed E-state index contributed by atoms with van der Waals surface area (Å²) < 4.78 is 11.5. The van der Waals surface area contributed by atoms with Crippen molar-refractivity contribution in [2.24, 2.45) is 0 Å². The molecule has 0 unspecified atom stereocenters. The number of nitrogens with one attached hydrogen (secondary N) is 1. The number of rotatable bonds is 3. The van der Waals surface area contributed by atoms with Gasteiger partial charge in [-0.1, -0.05) is 24.3 Å². The standard InChI is InChI=1S/C15H17NO2/c1-15(9-16-10-15)18-14-8-7-13(17-2)11-5-3-4-6-12(11)14/h3-8,16H,9-10H2,1-2H3. The van der Waals surface area contributed by atoms with E-state index in [1.165, 1.54) is 0 Å². The van der Waals surface area contributed by atoms with E-state index < -0.39 is 0 Å². The van der Waals surface area contributed by atoms with Gasteiger partial charge in [0, 0.05) is 23.9 Å². The zero-order chi connectivity index (χ0) is 12.6. The largest absolute Gasteiger partial charge is 0.496 e. The van der Waals surface area contributed by atoms with Crippen molar-refractivity contribution in [3.05, 3.63) is 36.4 Å². The smallest absolute Gasteiger partial charge is 0.131 e. The Kier molecular flexibility index (Phi) is 2.63. The molecule has 2 aromatic carbocycles. The van der Waals surface area contributed by atoms with Crippen molar-refractivity contribution >= 4 is 10.8 Å². The van der Waals surface area contributed by atoms with Crippen LogP contribution in [0.15, 0.2) is 36.4 Å². The van der Waals surface area contributed by atoms with Crippen molar-refractivity contribution in [1.29, 1.82) is 0 Å². The van der Waals surface area contributed by atoms with E-state index in [4.69, 9.17) is 9.47 Å². The average molecular weight is 243 g/mol. The number of ether oxygens (including phenoxy) is 2. The van der Waals surface area contributed by atoms with Gasteiger partial charge in [0.05, 0.1) is 7.11 Å². The van der Waals surface area contributed by atoms with Gasteiger partial charge in [-0.05, 0) is 19.1 Å². The summed E-state index contributed by atoms with van der Waals surface area (Å²) in [5.74, 6) is 1.81. The molecular weight excluding hydrogens is 226 g/mol. The molecule has 18 heavy (non-hydrogen) atoms. The van der Waals surface area contributed by atoms with Gasteiger partial charge in [0.15, 0.2) is 0 Å². The van der Waals surface area contributed by atoms with Gasteiger partial charge in [-0.15, -0.1) is 0 Å². The first kappa shape index (κ1) is 11.4. The highest BCUT2D eigenvalue weighted by atomic mass is 16.5. The van der Waals surface area contributed by atoms with Crippen LogP contribution in [0.25, 0.3) is 10.8 Å². The first-order valence-electron chi connectivity index (χ1n) is 6.17. The Labute approximate surface area is 107 Å². The second-order valence-corrected chi connectivity index (χ2v) is 4.97. The van der Waals surface area contributed by atoms with Crippen molar-refractivity contribution in [3.63, 3.8) is 0 Å². The van der Waals surface area contributed by atoms with Gasteiger partial charge in [0.1, 0.15) is 17.1 Å². The molecule has 3 rings (SSSR count). The maximum Gasteiger partial charge on any atom is 0.131 e. The highest BCUT2D eigenvalue weighted by Gasteiger charge is 2.34. The highest BCUT2D eigenvalue weighted by Crippen LogP contribution is 2.35. The second kappa shape index (κ2) is 4.18. The maximum absolute atomic E-state index is 6.13. The first-order chi connectivity index (χ1) is 8.72. The lowest BCUT2D eigenvalue weighted by Crippen LogP contribution is -2.61. The van der Waals surface area contributed by atoms with Gasteiger partial charge in [0.25, 0.3) is 0 Å². The highest BCUT2D eigenvalue weighted by molar-refractivity contribution is 5.93. The fourth-order valence-electron chi connectivity index (χ4n) is 2.33. The van der Waals surface area contributed by atoms with Gasteiger partial charge in [0.2, 0.25) is 0 Å². The van der Waals surface area contributed by atoms with E-state index in [-0.39, 0.29) is 5.60 Å².